The third-order valence-electron chi connectivity index (χ3n) is 1.60. The molecular formula is C6H11NaO3S. The van der Waals surface area contributed by atoms with Crippen molar-refractivity contribution >= 4 is 11.1 Å². The SMILES string of the molecule is O=S([O-])CC1CCCCO1.[Na+]. The van der Waals surface area contributed by atoms with Crippen LogP contribution in [0.3, 0.4) is 0 Å². The van der Waals surface area contributed by atoms with Crippen molar-refractivity contribution in [3.63, 3.8) is 0 Å². The smallest absolute Gasteiger partial charge is 0.772 e. The van der Waals surface area contributed by atoms with Crippen LogP contribution in [0, 0.1) is 0 Å². The zero-order valence-corrected chi connectivity index (χ0v) is 9.56. The second kappa shape index (κ2) is 6.57. The summed E-state index contributed by atoms with van der Waals surface area (Å²) < 4.78 is 25.6. The first-order chi connectivity index (χ1) is 4.79. The Morgan fingerprint density at radius 1 is 1.55 bits per heavy atom. The fraction of sp³-hybridized carbons (Fsp3) is 1.00. The Bertz CT molecular complexity index is 125. The van der Waals surface area contributed by atoms with Gasteiger partial charge in [0.2, 0.25) is 0 Å². The van der Waals surface area contributed by atoms with Crippen LogP contribution in [0.15, 0.2) is 0 Å². The van der Waals surface area contributed by atoms with E-state index in [-0.39, 0.29) is 41.4 Å². The van der Waals surface area contributed by atoms with Crippen LogP contribution in [0.4, 0.5) is 0 Å². The molecule has 0 bridgehead atoms. The molecule has 0 spiro atoms. The molecule has 0 radical (unpaired) electrons. The third-order valence-corrected chi connectivity index (χ3v) is 2.24. The van der Waals surface area contributed by atoms with Gasteiger partial charge in [0.1, 0.15) is 0 Å². The van der Waals surface area contributed by atoms with Crippen LogP contribution in [-0.4, -0.2) is 27.2 Å². The molecule has 1 aliphatic rings. The van der Waals surface area contributed by atoms with Gasteiger partial charge in [0, 0.05) is 12.4 Å². The Balaban J connectivity index is 0.000001000. The van der Waals surface area contributed by atoms with Crippen molar-refractivity contribution in [2.75, 3.05) is 12.4 Å². The predicted octanol–water partition coefficient (Wildman–Crippen LogP) is -2.56. The van der Waals surface area contributed by atoms with Crippen LogP contribution in [-0.2, 0) is 15.8 Å². The van der Waals surface area contributed by atoms with Gasteiger partial charge >= 0.3 is 29.6 Å². The molecule has 60 valence electrons. The van der Waals surface area contributed by atoms with E-state index in [0.29, 0.717) is 0 Å². The number of rotatable bonds is 2. The Morgan fingerprint density at radius 2 is 2.27 bits per heavy atom. The molecular weight excluding hydrogens is 175 g/mol. The van der Waals surface area contributed by atoms with Gasteiger partial charge in [-0.15, -0.1) is 0 Å². The van der Waals surface area contributed by atoms with E-state index >= 15 is 0 Å². The zero-order chi connectivity index (χ0) is 7.40. The van der Waals surface area contributed by atoms with E-state index in [1.54, 1.807) is 0 Å². The molecule has 2 atom stereocenters. The van der Waals surface area contributed by atoms with E-state index < -0.39 is 11.1 Å². The third kappa shape index (κ3) is 5.33. The first-order valence-electron chi connectivity index (χ1n) is 3.46. The van der Waals surface area contributed by atoms with E-state index in [1.807, 2.05) is 0 Å². The molecule has 3 nitrogen and oxygen atoms in total. The molecule has 1 aliphatic heterocycles. The van der Waals surface area contributed by atoms with Crippen molar-refractivity contribution in [2.24, 2.45) is 0 Å². The minimum absolute atomic E-state index is 0. The van der Waals surface area contributed by atoms with Crippen molar-refractivity contribution in [3.8, 4) is 0 Å². The molecule has 0 saturated carbocycles. The fourth-order valence-corrected chi connectivity index (χ4v) is 1.66. The van der Waals surface area contributed by atoms with Gasteiger partial charge in [0.25, 0.3) is 0 Å². The standard InChI is InChI=1S/C6H12O3S.Na/c7-10(8)5-6-3-1-2-4-9-6;/h6H,1-5H2,(H,7,8);/q;+1/p-1. The molecule has 11 heavy (non-hydrogen) atoms. The quantitative estimate of drug-likeness (QED) is 0.352. The summed E-state index contributed by atoms with van der Waals surface area (Å²) in [7, 11) is 0. The molecule has 2 unspecified atom stereocenters. The largest absolute Gasteiger partial charge is 1.00 e. The van der Waals surface area contributed by atoms with Crippen LogP contribution in [0.1, 0.15) is 19.3 Å². The molecule has 1 saturated heterocycles. The van der Waals surface area contributed by atoms with Gasteiger partial charge in [0.05, 0.1) is 6.10 Å². The average Bonchev–Trinajstić information content (AvgIpc) is 1.88. The maximum Gasteiger partial charge on any atom is 1.00 e. The van der Waals surface area contributed by atoms with Gasteiger partial charge in [-0.05, 0) is 19.3 Å². The van der Waals surface area contributed by atoms with Gasteiger partial charge in [0.15, 0.2) is 0 Å². The molecule has 1 heterocycles. The van der Waals surface area contributed by atoms with Crippen molar-refractivity contribution < 1.29 is 43.1 Å². The van der Waals surface area contributed by atoms with Crippen molar-refractivity contribution in [2.45, 2.75) is 25.4 Å². The summed E-state index contributed by atoms with van der Waals surface area (Å²) in [6, 6.07) is 0. The molecule has 0 aromatic heterocycles. The van der Waals surface area contributed by atoms with Gasteiger partial charge in [-0.2, -0.15) is 0 Å². The first-order valence-corrected chi connectivity index (χ1v) is 4.71. The molecule has 0 N–H and O–H groups in total. The van der Waals surface area contributed by atoms with E-state index in [1.165, 1.54) is 0 Å². The average molecular weight is 186 g/mol. The Labute approximate surface area is 91.5 Å². The Kier molecular flexibility index (Phi) is 7.21. The summed E-state index contributed by atoms with van der Waals surface area (Å²) in [6.07, 6.45) is 3.03. The molecule has 1 rings (SSSR count). The van der Waals surface area contributed by atoms with Crippen LogP contribution < -0.4 is 29.6 Å². The monoisotopic (exact) mass is 186 g/mol. The van der Waals surface area contributed by atoms with Crippen LogP contribution in [0.5, 0.6) is 0 Å². The Morgan fingerprint density at radius 3 is 2.73 bits per heavy atom. The van der Waals surface area contributed by atoms with Crippen molar-refractivity contribution in [1.29, 1.82) is 0 Å². The number of hydrogen-bond donors (Lipinski definition) is 0. The van der Waals surface area contributed by atoms with Gasteiger partial charge in [-0.25, -0.2) is 0 Å². The number of hydrogen-bond acceptors (Lipinski definition) is 3. The number of ether oxygens (including phenoxy) is 1. The van der Waals surface area contributed by atoms with Crippen molar-refractivity contribution in [3.05, 3.63) is 0 Å². The molecule has 1 fully saturated rings. The van der Waals surface area contributed by atoms with Gasteiger partial charge in [-0.1, -0.05) is 11.1 Å². The minimum Gasteiger partial charge on any atom is -0.772 e. The van der Waals surface area contributed by atoms with E-state index in [9.17, 15) is 8.76 Å². The summed E-state index contributed by atoms with van der Waals surface area (Å²) in [5, 5.41) is 0. The second-order valence-corrected chi connectivity index (χ2v) is 3.40. The topological polar surface area (TPSA) is 49.4 Å². The Hall–Kier alpha value is 1.07. The van der Waals surface area contributed by atoms with Crippen LogP contribution in [0.2, 0.25) is 0 Å². The minimum atomic E-state index is -1.94. The molecule has 0 aromatic rings. The summed E-state index contributed by atoms with van der Waals surface area (Å²) in [5.74, 6) is 0.167. The van der Waals surface area contributed by atoms with E-state index in [2.05, 4.69) is 0 Å². The normalized spacial score (nSPS) is 27.2. The summed E-state index contributed by atoms with van der Waals surface area (Å²) in [5.41, 5.74) is 0. The summed E-state index contributed by atoms with van der Waals surface area (Å²) >= 11 is -1.94. The molecule has 0 amide bonds. The predicted molar refractivity (Wildman–Crippen MR) is 37.4 cm³/mol. The fourth-order valence-electron chi connectivity index (χ4n) is 1.09. The van der Waals surface area contributed by atoms with E-state index in [4.69, 9.17) is 4.74 Å². The van der Waals surface area contributed by atoms with E-state index in [0.717, 1.165) is 25.9 Å². The van der Waals surface area contributed by atoms with Crippen LogP contribution >= 0.6 is 0 Å². The maximum atomic E-state index is 10.2. The van der Waals surface area contributed by atoms with Gasteiger partial charge < -0.3 is 9.29 Å². The van der Waals surface area contributed by atoms with Crippen LogP contribution in [0.25, 0.3) is 0 Å². The van der Waals surface area contributed by atoms with Crippen molar-refractivity contribution in [1.82, 2.24) is 0 Å². The first kappa shape index (κ1) is 12.1. The second-order valence-electron chi connectivity index (χ2n) is 2.46. The summed E-state index contributed by atoms with van der Waals surface area (Å²) in [4.78, 5) is 0. The zero-order valence-electron chi connectivity index (χ0n) is 6.75. The van der Waals surface area contributed by atoms with Gasteiger partial charge in [-0.3, -0.25) is 4.21 Å². The molecule has 0 aromatic carbocycles. The summed E-state index contributed by atoms with van der Waals surface area (Å²) in [6.45, 7) is 0.724. The molecule has 5 heteroatoms. The molecule has 0 aliphatic carbocycles. The maximum absolute atomic E-state index is 10.2.